The molecule has 7 nitrogen and oxygen atoms in total. The van der Waals surface area contributed by atoms with Crippen molar-refractivity contribution in [1.29, 1.82) is 0 Å². The predicted octanol–water partition coefficient (Wildman–Crippen LogP) is -1.13. The highest BCUT2D eigenvalue weighted by Gasteiger charge is 2.51. The summed E-state index contributed by atoms with van der Waals surface area (Å²) in [5.74, 6) is -2.40. The second-order valence-corrected chi connectivity index (χ2v) is 5.19. The van der Waals surface area contributed by atoms with Crippen molar-refractivity contribution >= 4 is 17.9 Å². The van der Waals surface area contributed by atoms with Crippen LogP contribution in [0.15, 0.2) is 4.99 Å². The summed E-state index contributed by atoms with van der Waals surface area (Å²) in [4.78, 5) is 27.6. The zero-order valence-corrected chi connectivity index (χ0v) is 11.4. The second kappa shape index (κ2) is 5.77. The molecule has 0 bridgehead atoms. The summed E-state index contributed by atoms with van der Waals surface area (Å²) >= 11 is 0. The SMILES string of the molecule is CC(C)CC1=N[C@](O)([C@@H](N)[C@@H](C)O)N(CC=O)C1=O. The van der Waals surface area contributed by atoms with E-state index < -0.39 is 23.9 Å². The van der Waals surface area contributed by atoms with Gasteiger partial charge >= 0.3 is 0 Å². The molecule has 0 unspecified atom stereocenters. The van der Waals surface area contributed by atoms with Gasteiger partial charge in [0.05, 0.1) is 12.6 Å². The summed E-state index contributed by atoms with van der Waals surface area (Å²) in [6.45, 7) is 4.89. The van der Waals surface area contributed by atoms with Gasteiger partial charge in [-0.15, -0.1) is 0 Å². The Bertz CT molecular complexity index is 394. The molecule has 1 rings (SSSR count). The van der Waals surface area contributed by atoms with Crippen LogP contribution < -0.4 is 5.73 Å². The quantitative estimate of drug-likeness (QED) is 0.528. The third-order valence-corrected chi connectivity index (χ3v) is 3.01. The average molecular weight is 271 g/mol. The third-order valence-electron chi connectivity index (χ3n) is 3.01. The van der Waals surface area contributed by atoms with Crippen molar-refractivity contribution in [2.45, 2.75) is 45.2 Å². The number of aliphatic imine (C=N–C) groups is 1. The Balaban J connectivity index is 3.13. The van der Waals surface area contributed by atoms with Crippen molar-refractivity contribution < 1.29 is 19.8 Å². The molecule has 0 aromatic rings. The van der Waals surface area contributed by atoms with Crippen molar-refractivity contribution in [3.63, 3.8) is 0 Å². The number of aldehydes is 1. The van der Waals surface area contributed by atoms with Crippen LogP contribution in [0.1, 0.15) is 27.2 Å². The molecular formula is C12H21N3O4. The van der Waals surface area contributed by atoms with E-state index >= 15 is 0 Å². The Hall–Kier alpha value is -1.31. The zero-order chi connectivity index (χ0) is 14.8. The molecule has 4 N–H and O–H groups in total. The lowest BCUT2D eigenvalue weighted by Gasteiger charge is -2.35. The van der Waals surface area contributed by atoms with Gasteiger partial charge in [0, 0.05) is 0 Å². The number of aliphatic hydroxyl groups is 2. The maximum Gasteiger partial charge on any atom is 0.272 e. The molecule has 0 aliphatic carbocycles. The second-order valence-electron chi connectivity index (χ2n) is 5.19. The molecule has 0 aromatic heterocycles. The molecule has 0 fully saturated rings. The monoisotopic (exact) mass is 271 g/mol. The highest BCUT2D eigenvalue weighted by molar-refractivity contribution is 6.40. The predicted molar refractivity (Wildman–Crippen MR) is 69.3 cm³/mol. The van der Waals surface area contributed by atoms with Gasteiger partial charge in [-0.25, -0.2) is 4.99 Å². The van der Waals surface area contributed by atoms with E-state index in [9.17, 15) is 19.8 Å². The lowest BCUT2D eigenvalue weighted by atomic mass is 10.1. The van der Waals surface area contributed by atoms with Crippen LogP contribution in [0.3, 0.4) is 0 Å². The Morgan fingerprint density at radius 2 is 2.05 bits per heavy atom. The summed E-state index contributed by atoms with van der Waals surface area (Å²) in [6.07, 6.45) is -0.205. The first kappa shape index (κ1) is 15.7. The van der Waals surface area contributed by atoms with Crippen LogP contribution in [0.4, 0.5) is 0 Å². The third kappa shape index (κ3) is 2.99. The molecule has 0 radical (unpaired) electrons. The van der Waals surface area contributed by atoms with Gasteiger partial charge < -0.3 is 20.7 Å². The minimum atomic E-state index is -2.06. The Morgan fingerprint density at radius 3 is 2.47 bits per heavy atom. The first-order valence-electron chi connectivity index (χ1n) is 6.24. The highest BCUT2D eigenvalue weighted by atomic mass is 16.3. The van der Waals surface area contributed by atoms with E-state index in [0.29, 0.717) is 12.7 Å². The fourth-order valence-electron chi connectivity index (χ4n) is 2.00. The molecule has 1 heterocycles. The summed E-state index contributed by atoms with van der Waals surface area (Å²) in [6, 6.07) is -1.18. The summed E-state index contributed by atoms with van der Waals surface area (Å²) < 4.78 is 0. The minimum Gasteiger partial charge on any atom is -0.392 e. The normalized spacial score (nSPS) is 26.6. The lowest BCUT2D eigenvalue weighted by molar-refractivity contribution is -0.158. The fourth-order valence-corrected chi connectivity index (χ4v) is 2.00. The van der Waals surface area contributed by atoms with Crippen molar-refractivity contribution in [2.75, 3.05) is 6.54 Å². The van der Waals surface area contributed by atoms with Crippen molar-refractivity contribution in [2.24, 2.45) is 16.6 Å². The van der Waals surface area contributed by atoms with Crippen LogP contribution in [-0.4, -0.2) is 57.6 Å². The van der Waals surface area contributed by atoms with Crippen LogP contribution in [0, 0.1) is 5.92 Å². The van der Waals surface area contributed by atoms with Crippen LogP contribution in [-0.2, 0) is 9.59 Å². The molecule has 0 saturated carbocycles. The topological polar surface area (TPSA) is 116 Å². The van der Waals surface area contributed by atoms with Crippen molar-refractivity contribution in [3.05, 3.63) is 0 Å². The van der Waals surface area contributed by atoms with Crippen LogP contribution in [0.2, 0.25) is 0 Å². The van der Waals surface area contributed by atoms with E-state index in [2.05, 4.69) is 4.99 Å². The molecular weight excluding hydrogens is 250 g/mol. The van der Waals surface area contributed by atoms with Crippen LogP contribution in [0.25, 0.3) is 0 Å². The number of carbonyl (C=O) groups excluding carboxylic acids is 2. The van der Waals surface area contributed by atoms with E-state index in [1.807, 2.05) is 13.8 Å². The number of hydrogen-bond acceptors (Lipinski definition) is 6. The maximum absolute atomic E-state index is 12.1. The van der Waals surface area contributed by atoms with E-state index in [0.717, 1.165) is 4.90 Å². The molecule has 1 aliphatic rings. The number of amides is 1. The molecule has 19 heavy (non-hydrogen) atoms. The molecule has 108 valence electrons. The van der Waals surface area contributed by atoms with Gasteiger partial charge in [0.25, 0.3) is 11.8 Å². The molecule has 1 aliphatic heterocycles. The number of rotatable bonds is 6. The molecule has 7 heteroatoms. The molecule has 3 atom stereocenters. The van der Waals surface area contributed by atoms with E-state index in [1.54, 1.807) is 0 Å². The average Bonchev–Trinajstić information content (AvgIpc) is 2.53. The van der Waals surface area contributed by atoms with E-state index in [1.165, 1.54) is 6.92 Å². The van der Waals surface area contributed by atoms with Gasteiger partial charge in [0.15, 0.2) is 0 Å². The number of nitrogens with two attached hydrogens (primary N) is 1. The van der Waals surface area contributed by atoms with Gasteiger partial charge in [-0.2, -0.15) is 0 Å². The fraction of sp³-hybridized carbons (Fsp3) is 0.750. The van der Waals surface area contributed by atoms with Gasteiger partial charge in [0.1, 0.15) is 18.0 Å². The zero-order valence-electron chi connectivity index (χ0n) is 11.4. The lowest BCUT2D eigenvalue weighted by Crippen LogP contribution is -2.62. The molecule has 0 spiro atoms. The number of hydrogen-bond donors (Lipinski definition) is 3. The first-order chi connectivity index (χ1) is 8.74. The number of nitrogens with zero attached hydrogens (tertiary/aromatic N) is 2. The van der Waals surface area contributed by atoms with E-state index in [-0.39, 0.29) is 18.2 Å². The van der Waals surface area contributed by atoms with Crippen molar-refractivity contribution in [1.82, 2.24) is 4.90 Å². The van der Waals surface area contributed by atoms with Crippen LogP contribution in [0.5, 0.6) is 0 Å². The first-order valence-corrected chi connectivity index (χ1v) is 6.24. The summed E-state index contributed by atoms with van der Waals surface area (Å²) in [7, 11) is 0. The van der Waals surface area contributed by atoms with E-state index in [4.69, 9.17) is 5.73 Å². The molecule has 0 saturated heterocycles. The minimum absolute atomic E-state index is 0.172. The maximum atomic E-state index is 12.1. The standard InChI is InChI=1S/C12H21N3O4/c1-7(2)6-9-11(18)15(4-5-16)12(19,14-9)10(13)8(3)17/h5,7-8,10,17,19H,4,6,13H2,1-3H3/t8-,10+,12-/m1/s1. The molecule has 1 amide bonds. The summed E-state index contributed by atoms with van der Waals surface area (Å²) in [5, 5.41) is 20.0. The molecule has 0 aromatic carbocycles. The summed E-state index contributed by atoms with van der Waals surface area (Å²) in [5.41, 5.74) is 5.89. The number of carbonyl (C=O) groups is 2. The van der Waals surface area contributed by atoms with Crippen LogP contribution >= 0.6 is 0 Å². The van der Waals surface area contributed by atoms with Gasteiger partial charge in [0.2, 0.25) is 0 Å². The Morgan fingerprint density at radius 1 is 1.47 bits per heavy atom. The van der Waals surface area contributed by atoms with Gasteiger partial charge in [-0.3, -0.25) is 9.69 Å². The largest absolute Gasteiger partial charge is 0.392 e. The Kier molecular flexibility index (Phi) is 4.78. The highest BCUT2D eigenvalue weighted by Crippen LogP contribution is 2.27. The van der Waals surface area contributed by atoms with Gasteiger partial charge in [-0.05, 0) is 19.3 Å². The number of aliphatic hydroxyl groups excluding tert-OH is 1. The van der Waals surface area contributed by atoms with Crippen molar-refractivity contribution in [3.8, 4) is 0 Å². The smallest absolute Gasteiger partial charge is 0.272 e. The Labute approximate surface area is 112 Å². The van der Waals surface area contributed by atoms with Gasteiger partial charge in [-0.1, -0.05) is 13.8 Å².